The Hall–Kier alpha value is -3.20. The van der Waals surface area contributed by atoms with Crippen molar-refractivity contribution < 1.29 is 13.2 Å². The first-order valence-corrected chi connectivity index (χ1v) is 9.96. The molecule has 2 N–H and O–H groups in total. The molecule has 4 rings (SSSR count). The molecule has 1 aliphatic rings. The molecular formula is C22H22F3N5O. The van der Waals surface area contributed by atoms with Gasteiger partial charge in [0.25, 0.3) is 12.0 Å². The molecule has 3 heterocycles. The first kappa shape index (κ1) is 21.0. The Morgan fingerprint density at radius 2 is 2.00 bits per heavy atom. The van der Waals surface area contributed by atoms with Crippen LogP contribution in [0.5, 0.6) is 0 Å². The molecule has 1 aromatic carbocycles. The summed E-state index contributed by atoms with van der Waals surface area (Å²) in [7, 11) is 1.64. The molecule has 0 unspecified atom stereocenters. The number of aryl methyl sites for hydroxylation is 1. The Kier molecular flexibility index (Phi) is 5.77. The van der Waals surface area contributed by atoms with Crippen molar-refractivity contribution >= 4 is 22.4 Å². The van der Waals surface area contributed by atoms with Gasteiger partial charge < -0.3 is 10.6 Å². The Morgan fingerprint density at radius 1 is 1.23 bits per heavy atom. The molecular weight excluding hydrogens is 407 g/mol. The number of fused-ring (bicyclic) bond motifs is 1. The van der Waals surface area contributed by atoms with Crippen molar-refractivity contribution in [1.29, 1.82) is 0 Å². The average molecular weight is 429 g/mol. The van der Waals surface area contributed by atoms with E-state index < -0.39 is 23.8 Å². The standard InChI is InChI=1S/C22H22F3N5O/c1-12(14-4-3-5-15(18(14)23)19(24)25)29-20-17-10-16(13-6-8-26-9-7-13)22(31)30(2)21(17)28-11-27-20/h3-6,10-12,19,26H,7-9H2,1-2H3,(H,27,28,29)/t12-/m1/s1. The summed E-state index contributed by atoms with van der Waals surface area (Å²) in [5.74, 6) is -0.547. The molecule has 0 radical (unpaired) electrons. The van der Waals surface area contributed by atoms with E-state index in [4.69, 9.17) is 0 Å². The predicted molar refractivity (Wildman–Crippen MR) is 114 cm³/mol. The number of anilines is 1. The van der Waals surface area contributed by atoms with Crippen LogP contribution in [0, 0.1) is 5.82 Å². The number of alkyl halides is 2. The van der Waals surface area contributed by atoms with Crippen LogP contribution < -0.4 is 16.2 Å². The van der Waals surface area contributed by atoms with E-state index in [9.17, 15) is 18.0 Å². The van der Waals surface area contributed by atoms with E-state index >= 15 is 0 Å². The largest absolute Gasteiger partial charge is 0.363 e. The van der Waals surface area contributed by atoms with Gasteiger partial charge in [-0.3, -0.25) is 9.36 Å². The quantitative estimate of drug-likeness (QED) is 0.643. The van der Waals surface area contributed by atoms with E-state index in [2.05, 4.69) is 20.6 Å². The van der Waals surface area contributed by atoms with Gasteiger partial charge in [-0.15, -0.1) is 0 Å². The van der Waals surface area contributed by atoms with Gasteiger partial charge >= 0.3 is 0 Å². The Balaban J connectivity index is 1.78. The molecule has 0 amide bonds. The van der Waals surface area contributed by atoms with Gasteiger partial charge in [0.05, 0.1) is 17.0 Å². The maximum absolute atomic E-state index is 14.6. The number of hydrogen-bond donors (Lipinski definition) is 2. The summed E-state index contributed by atoms with van der Waals surface area (Å²) >= 11 is 0. The number of rotatable bonds is 5. The highest BCUT2D eigenvalue weighted by Crippen LogP contribution is 2.30. The van der Waals surface area contributed by atoms with Gasteiger partial charge in [0.2, 0.25) is 0 Å². The average Bonchev–Trinajstić information content (AvgIpc) is 2.77. The highest BCUT2D eigenvalue weighted by Gasteiger charge is 2.21. The first-order chi connectivity index (χ1) is 14.9. The van der Waals surface area contributed by atoms with Gasteiger partial charge in [-0.1, -0.05) is 24.3 Å². The van der Waals surface area contributed by atoms with E-state index in [1.807, 2.05) is 6.08 Å². The van der Waals surface area contributed by atoms with Crippen LogP contribution in [0.4, 0.5) is 19.0 Å². The number of nitrogens with one attached hydrogen (secondary N) is 2. The molecule has 2 aromatic heterocycles. The lowest BCUT2D eigenvalue weighted by Gasteiger charge is -2.19. The number of nitrogens with zero attached hydrogens (tertiary/aromatic N) is 3. The summed E-state index contributed by atoms with van der Waals surface area (Å²) in [5, 5.41) is 6.91. The minimum atomic E-state index is -2.90. The molecule has 0 saturated heterocycles. The lowest BCUT2D eigenvalue weighted by molar-refractivity contribution is 0.146. The number of benzene rings is 1. The summed E-state index contributed by atoms with van der Waals surface area (Å²) in [6.07, 6.45) is 1.12. The molecule has 0 aliphatic carbocycles. The highest BCUT2D eigenvalue weighted by atomic mass is 19.3. The normalized spacial score (nSPS) is 15.2. The second-order valence-corrected chi connectivity index (χ2v) is 7.48. The second kappa shape index (κ2) is 8.50. The molecule has 1 aliphatic heterocycles. The van der Waals surface area contributed by atoms with Crippen LogP contribution in [0.3, 0.4) is 0 Å². The molecule has 0 bridgehead atoms. The molecule has 0 fully saturated rings. The monoisotopic (exact) mass is 429 g/mol. The van der Waals surface area contributed by atoms with Gasteiger partial charge in [0.1, 0.15) is 23.6 Å². The summed E-state index contributed by atoms with van der Waals surface area (Å²) in [6.45, 7) is 3.13. The summed E-state index contributed by atoms with van der Waals surface area (Å²) in [6, 6.07) is 5.04. The molecule has 31 heavy (non-hydrogen) atoms. The number of hydrogen-bond acceptors (Lipinski definition) is 5. The van der Waals surface area contributed by atoms with E-state index in [-0.39, 0.29) is 11.1 Å². The Bertz CT molecular complexity index is 1220. The van der Waals surface area contributed by atoms with Crippen molar-refractivity contribution in [2.45, 2.75) is 25.8 Å². The summed E-state index contributed by atoms with van der Waals surface area (Å²) in [4.78, 5) is 21.4. The fourth-order valence-electron chi connectivity index (χ4n) is 3.84. The van der Waals surface area contributed by atoms with Crippen LogP contribution >= 0.6 is 0 Å². The molecule has 9 heteroatoms. The number of pyridine rings is 1. The maximum atomic E-state index is 14.6. The molecule has 0 saturated carbocycles. The van der Waals surface area contributed by atoms with Crippen LogP contribution in [0.25, 0.3) is 16.6 Å². The third-order valence-corrected chi connectivity index (χ3v) is 5.53. The molecule has 1 atom stereocenters. The Morgan fingerprint density at radius 3 is 2.71 bits per heavy atom. The van der Waals surface area contributed by atoms with Crippen molar-refractivity contribution in [3.05, 3.63) is 69.5 Å². The second-order valence-electron chi connectivity index (χ2n) is 7.48. The van der Waals surface area contributed by atoms with Crippen LogP contribution in [0.15, 0.2) is 41.5 Å². The van der Waals surface area contributed by atoms with Crippen molar-refractivity contribution in [3.63, 3.8) is 0 Å². The molecule has 3 aromatic rings. The van der Waals surface area contributed by atoms with Crippen LogP contribution in [0.2, 0.25) is 0 Å². The van der Waals surface area contributed by atoms with Crippen LogP contribution in [-0.2, 0) is 7.05 Å². The zero-order chi connectivity index (χ0) is 22.1. The predicted octanol–water partition coefficient (Wildman–Crippen LogP) is 3.96. The van der Waals surface area contributed by atoms with Gasteiger partial charge in [-0.2, -0.15) is 0 Å². The highest BCUT2D eigenvalue weighted by molar-refractivity contribution is 5.89. The zero-order valence-electron chi connectivity index (χ0n) is 17.1. The number of halogens is 3. The van der Waals surface area contributed by atoms with E-state index in [0.717, 1.165) is 24.6 Å². The fraction of sp³-hybridized carbons (Fsp3) is 0.318. The van der Waals surface area contributed by atoms with Crippen molar-refractivity contribution in [1.82, 2.24) is 19.9 Å². The first-order valence-electron chi connectivity index (χ1n) is 9.96. The summed E-state index contributed by atoms with van der Waals surface area (Å²) < 4.78 is 42.2. The SMILES string of the molecule is C[C@@H](Nc1ncnc2c1cc(C1=CCNCC1)c(=O)n2C)c1cccc(C(F)F)c1F. The van der Waals surface area contributed by atoms with Gasteiger partial charge in [0, 0.05) is 24.7 Å². The third kappa shape index (κ3) is 3.93. The lowest BCUT2D eigenvalue weighted by atomic mass is 10.0. The molecule has 0 spiro atoms. The van der Waals surface area contributed by atoms with E-state index in [1.54, 1.807) is 20.0 Å². The van der Waals surface area contributed by atoms with Crippen LogP contribution in [-0.4, -0.2) is 27.6 Å². The summed E-state index contributed by atoms with van der Waals surface area (Å²) in [5.41, 5.74) is 1.24. The smallest absolute Gasteiger partial charge is 0.266 e. The third-order valence-electron chi connectivity index (χ3n) is 5.53. The van der Waals surface area contributed by atoms with E-state index in [0.29, 0.717) is 29.0 Å². The Labute approximate surface area is 176 Å². The topological polar surface area (TPSA) is 71.8 Å². The van der Waals surface area contributed by atoms with Gasteiger partial charge in [-0.05, 0) is 31.5 Å². The van der Waals surface area contributed by atoms with Gasteiger partial charge in [-0.25, -0.2) is 23.1 Å². The van der Waals surface area contributed by atoms with E-state index in [1.165, 1.54) is 23.0 Å². The maximum Gasteiger partial charge on any atom is 0.266 e. The number of aromatic nitrogens is 3. The van der Waals surface area contributed by atoms with Gasteiger partial charge in [0.15, 0.2) is 0 Å². The van der Waals surface area contributed by atoms with Crippen molar-refractivity contribution in [2.75, 3.05) is 18.4 Å². The van der Waals surface area contributed by atoms with Crippen LogP contribution in [0.1, 0.15) is 42.5 Å². The minimum absolute atomic E-state index is 0.107. The van der Waals surface area contributed by atoms with Crippen molar-refractivity contribution in [3.8, 4) is 0 Å². The molecule has 6 nitrogen and oxygen atoms in total. The minimum Gasteiger partial charge on any atom is -0.363 e. The lowest BCUT2D eigenvalue weighted by Crippen LogP contribution is -2.26. The zero-order valence-corrected chi connectivity index (χ0v) is 17.1. The fourth-order valence-corrected chi connectivity index (χ4v) is 3.84. The van der Waals surface area contributed by atoms with Crippen molar-refractivity contribution in [2.24, 2.45) is 7.05 Å². The molecule has 162 valence electrons.